The van der Waals surface area contributed by atoms with E-state index < -0.39 is 23.7 Å². The molecular formula is C26H23BrN2O5S. The van der Waals surface area contributed by atoms with Crippen LogP contribution in [0.5, 0.6) is 0 Å². The van der Waals surface area contributed by atoms with E-state index >= 15 is 0 Å². The van der Waals surface area contributed by atoms with Gasteiger partial charge in [-0.25, -0.2) is 9.78 Å². The average molecular weight is 555 g/mol. The van der Waals surface area contributed by atoms with E-state index in [0.29, 0.717) is 16.8 Å². The Kier molecular flexibility index (Phi) is 6.91. The number of ether oxygens (including phenoxy) is 1. The van der Waals surface area contributed by atoms with Crippen molar-refractivity contribution in [1.29, 1.82) is 0 Å². The number of thiazole rings is 1. The average Bonchev–Trinajstić information content (AvgIpc) is 3.32. The summed E-state index contributed by atoms with van der Waals surface area (Å²) in [4.78, 5) is 45.0. The monoisotopic (exact) mass is 554 g/mol. The zero-order valence-corrected chi connectivity index (χ0v) is 22.0. The molecule has 2 heterocycles. The first-order chi connectivity index (χ1) is 16.6. The van der Waals surface area contributed by atoms with Crippen molar-refractivity contribution < 1.29 is 24.2 Å². The number of nitrogens with zero attached hydrogens (tertiary/aromatic N) is 2. The molecule has 0 aliphatic carbocycles. The van der Waals surface area contributed by atoms with Gasteiger partial charge in [-0.2, -0.15) is 0 Å². The third kappa shape index (κ3) is 4.53. The lowest BCUT2D eigenvalue weighted by Crippen LogP contribution is -2.29. The van der Waals surface area contributed by atoms with Crippen molar-refractivity contribution in [3.63, 3.8) is 0 Å². The number of halogens is 1. The van der Waals surface area contributed by atoms with E-state index in [1.807, 2.05) is 32.0 Å². The maximum absolute atomic E-state index is 13.4. The summed E-state index contributed by atoms with van der Waals surface area (Å²) >= 11 is 4.43. The largest absolute Gasteiger partial charge is 0.507 e. The molecule has 1 aliphatic heterocycles. The second-order valence-electron chi connectivity index (χ2n) is 8.17. The fourth-order valence-electron chi connectivity index (χ4n) is 4.03. The number of Topliss-reactive ketones (excluding diaryl/α,β-unsaturated/α-hetero) is 1. The van der Waals surface area contributed by atoms with Crippen molar-refractivity contribution in [2.24, 2.45) is 0 Å². The molecule has 1 atom stereocenters. The Morgan fingerprint density at radius 2 is 1.91 bits per heavy atom. The highest BCUT2D eigenvalue weighted by atomic mass is 79.9. The summed E-state index contributed by atoms with van der Waals surface area (Å²) < 4.78 is 5.85. The van der Waals surface area contributed by atoms with Gasteiger partial charge in [0.1, 0.15) is 10.6 Å². The van der Waals surface area contributed by atoms with Crippen molar-refractivity contribution in [3.05, 3.63) is 85.3 Å². The van der Waals surface area contributed by atoms with E-state index in [9.17, 15) is 19.5 Å². The van der Waals surface area contributed by atoms with Gasteiger partial charge in [0.15, 0.2) is 5.13 Å². The normalized spacial score (nSPS) is 17.2. The molecule has 1 aliphatic rings. The van der Waals surface area contributed by atoms with Crippen molar-refractivity contribution >= 4 is 55.8 Å². The lowest BCUT2D eigenvalue weighted by atomic mass is 9.93. The topological polar surface area (TPSA) is 96.8 Å². The lowest BCUT2D eigenvalue weighted by molar-refractivity contribution is -0.132. The summed E-state index contributed by atoms with van der Waals surface area (Å²) in [7, 11) is 0. The van der Waals surface area contributed by atoms with Crippen LogP contribution in [0.15, 0.2) is 52.5 Å². The van der Waals surface area contributed by atoms with Crippen LogP contribution in [0.4, 0.5) is 5.13 Å². The number of ketones is 1. The molecule has 3 aromatic rings. The minimum atomic E-state index is -0.937. The number of benzene rings is 2. The van der Waals surface area contributed by atoms with E-state index in [2.05, 4.69) is 20.9 Å². The molecule has 1 unspecified atom stereocenters. The Balaban J connectivity index is 1.95. The molecule has 35 heavy (non-hydrogen) atoms. The number of hydrogen-bond donors (Lipinski definition) is 1. The number of aliphatic hydroxyl groups is 1. The standard InChI is InChI=1S/C26H23BrN2O5S/c1-5-34-25(33)23-15(4)28-26(35-23)29-20(16-7-6-8-17(27)12-16)19(22(31)24(29)32)21(30)18-11-13(2)9-10-14(18)3/h6-12,20,30H,5H2,1-4H3/b21-19+. The number of aliphatic hydroxyl groups excluding tert-OH is 1. The third-order valence-corrected chi connectivity index (χ3v) is 7.34. The number of hydrogen-bond acceptors (Lipinski definition) is 7. The molecule has 9 heteroatoms. The van der Waals surface area contributed by atoms with E-state index in [1.54, 1.807) is 38.1 Å². The van der Waals surface area contributed by atoms with E-state index in [-0.39, 0.29) is 27.9 Å². The second-order valence-corrected chi connectivity index (χ2v) is 10.1. The van der Waals surface area contributed by atoms with Crippen LogP contribution in [0.2, 0.25) is 0 Å². The number of carbonyl (C=O) groups excluding carboxylic acids is 3. The Labute approximate surface area is 215 Å². The van der Waals surface area contributed by atoms with Gasteiger partial charge in [-0.05, 0) is 57.0 Å². The van der Waals surface area contributed by atoms with Gasteiger partial charge in [-0.3, -0.25) is 14.5 Å². The van der Waals surface area contributed by atoms with Gasteiger partial charge in [-0.1, -0.05) is 57.1 Å². The Morgan fingerprint density at radius 3 is 2.60 bits per heavy atom. The van der Waals surface area contributed by atoms with E-state index in [4.69, 9.17) is 4.74 Å². The number of carbonyl (C=O) groups is 3. The molecule has 1 N–H and O–H groups in total. The highest BCUT2D eigenvalue weighted by molar-refractivity contribution is 9.10. The van der Waals surface area contributed by atoms with Gasteiger partial charge in [-0.15, -0.1) is 0 Å². The number of anilines is 1. The van der Waals surface area contributed by atoms with Crippen LogP contribution >= 0.6 is 27.3 Å². The number of amides is 1. The third-order valence-electron chi connectivity index (χ3n) is 5.71. The summed E-state index contributed by atoms with van der Waals surface area (Å²) in [6.07, 6.45) is 0. The van der Waals surface area contributed by atoms with Crippen LogP contribution < -0.4 is 4.90 Å². The summed E-state index contributed by atoms with van der Waals surface area (Å²) in [6.45, 7) is 7.26. The van der Waals surface area contributed by atoms with Gasteiger partial charge in [0.2, 0.25) is 0 Å². The first-order valence-corrected chi connectivity index (χ1v) is 12.5. The smallest absolute Gasteiger partial charge is 0.350 e. The van der Waals surface area contributed by atoms with Gasteiger partial charge in [0, 0.05) is 10.0 Å². The van der Waals surface area contributed by atoms with Crippen LogP contribution in [0.1, 0.15) is 50.6 Å². The molecule has 7 nitrogen and oxygen atoms in total. The molecule has 4 rings (SSSR count). The molecule has 1 amide bonds. The van der Waals surface area contributed by atoms with Crippen molar-refractivity contribution in [1.82, 2.24) is 4.98 Å². The second kappa shape index (κ2) is 9.75. The SMILES string of the molecule is CCOC(=O)c1sc(N2C(=O)C(=O)/C(=C(/O)c3cc(C)ccc3C)C2c2cccc(Br)c2)nc1C. The molecule has 2 aromatic carbocycles. The predicted octanol–water partition coefficient (Wildman–Crippen LogP) is 5.63. The fraction of sp³-hybridized carbons (Fsp3) is 0.231. The minimum absolute atomic E-state index is 0.0349. The molecule has 1 aromatic heterocycles. The number of aryl methyl sites for hydroxylation is 3. The van der Waals surface area contributed by atoms with Crippen molar-refractivity contribution in [2.45, 2.75) is 33.7 Å². The summed E-state index contributed by atoms with van der Waals surface area (Å²) in [5, 5.41) is 11.6. The Bertz CT molecular complexity index is 1390. The van der Waals surface area contributed by atoms with Crippen LogP contribution in [-0.2, 0) is 14.3 Å². The Hall–Kier alpha value is -3.30. The highest BCUT2D eigenvalue weighted by Crippen LogP contribution is 2.44. The van der Waals surface area contributed by atoms with E-state index in [0.717, 1.165) is 26.9 Å². The van der Waals surface area contributed by atoms with Gasteiger partial charge >= 0.3 is 11.9 Å². The first kappa shape index (κ1) is 24.8. The van der Waals surface area contributed by atoms with Gasteiger partial charge < -0.3 is 9.84 Å². The van der Waals surface area contributed by atoms with Crippen molar-refractivity contribution in [2.75, 3.05) is 11.5 Å². The summed E-state index contributed by atoms with van der Waals surface area (Å²) in [5.41, 5.74) is 3.11. The molecule has 1 fully saturated rings. The number of esters is 1. The molecule has 0 saturated carbocycles. The maximum atomic E-state index is 13.4. The number of aromatic nitrogens is 1. The Morgan fingerprint density at radius 1 is 1.17 bits per heavy atom. The van der Waals surface area contributed by atoms with Crippen LogP contribution in [-0.4, -0.2) is 34.4 Å². The molecular weight excluding hydrogens is 532 g/mol. The highest BCUT2D eigenvalue weighted by Gasteiger charge is 2.48. The molecule has 0 spiro atoms. The molecule has 1 saturated heterocycles. The van der Waals surface area contributed by atoms with Crippen molar-refractivity contribution in [3.8, 4) is 0 Å². The zero-order chi connectivity index (χ0) is 25.4. The van der Waals surface area contributed by atoms with Gasteiger partial charge in [0.25, 0.3) is 5.78 Å². The predicted molar refractivity (Wildman–Crippen MR) is 138 cm³/mol. The lowest BCUT2D eigenvalue weighted by Gasteiger charge is -2.23. The number of rotatable bonds is 5. The fourth-order valence-corrected chi connectivity index (χ4v) is 5.43. The summed E-state index contributed by atoms with van der Waals surface area (Å²) in [5.74, 6) is -2.44. The van der Waals surface area contributed by atoms with Crippen LogP contribution in [0.25, 0.3) is 5.76 Å². The van der Waals surface area contributed by atoms with Crippen LogP contribution in [0.3, 0.4) is 0 Å². The molecule has 0 bridgehead atoms. The van der Waals surface area contributed by atoms with E-state index in [1.165, 1.54) is 4.90 Å². The first-order valence-electron chi connectivity index (χ1n) is 10.9. The molecule has 180 valence electrons. The summed E-state index contributed by atoms with van der Waals surface area (Å²) in [6, 6.07) is 11.8. The quantitative estimate of drug-likeness (QED) is 0.190. The zero-order valence-electron chi connectivity index (χ0n) is 19.6. The van der Waals surface area contributed by atoms with Gasteiger partial charge in [0.05, 0.1) is 23.9 Å². The molecule has 0 radical (unpaired) electrons. The maximum Gasteiger partial charge on any atom is 0.350 e. The van der Waals surface area contributed by atoms with Crippen LogP contribution in [0, 0.1) is 20.8 Å². The minimum Gasteiger partial charge on any atom is -0.507 e.